The van der Waals surface area contributed by atoms with Crippen LogP contribution in [0.3, 0.4) is 0 Å². The van der Waals surface area contributed by atoms with E-state index in [1.54, 1.807) is 25.9 Å². The van der Waals surface area contributed by atoms with Crippen molar-refractivity contribution >= 4 is 12.0 Å². The van der Waals surface area contributed by atoms with E-state index < -0.39 is 12.0 Å². The molecule has 2 atom stereocenters. The van der Waals surface area contributed by atoms with Gasteiger partial charge in [0, 0.05) is 20.2 Å². The number of nitrogens with one attached hydrogen (secondary N) is 1. The SMILES string of the molecule is COC1CCCN(C(=O)N[C@H](C(=O)O)C(C)C)C1. The summed E-state index contributed by atoms with van der Waals surface area (Å²) in [6.07, 6.45) is 1.87. The van der Waals surface area contributed by atoms with E-state index in [1.807, 2.05) is 0 Å². The number of rotatable bonds is 4. The number of urea groups is 1. The van der Waals surface area contributed by atoms with Crippen molar-refractivity contribution in [2.75, 3.05) is 20.2 Å². The zero-order valence-corrected chi connectivity index (χ0v) is 11.2. The fraction of sp³-hybridized carbons (Fsp3) is 0.833. The Morgan fingerprint density at radius 3 is 2.61 bits per heavy atom. The number of aliphatic carboxylic acids is 1. The normalized spacial score (nSPS) is 21.8. The summed E-state index contributed by atoms with van der Waals surface area (Å²) in [7, 11) is 1.63. The van der Waals surface area contributed by atoms with Gasteiger partial charge in [-0.15, -0.1) is 0 Å². The Labute approximate surface area is 107 Å². The summed E-state index contributed by atoms with van der Waals surface area (Å²) in [5, 5.41) is 11.6. The number of nitrogens with zero attached hydrogens (tertiary/aromatic N) is 1. The van der Waals surface area contributed by atoms with Gasteiger partial charge in [0.25, 0.3) is 0 Å². The van der Waals surface area contributed by atoms with Gasteiger partial charge in [-0.05, 0) is 18.8 Å². The molecule has 6 heteroatoms. The largest absolute Gasteiger partial charge is 0.480 e. The minimum Gasteiger partial charge on any atom is -0.480 e. The lowest BCUT2D eigenvalue weighted by Crippen LogP contribution is -2.53. The molecule has 1 fully saturated rings. The Bertz CT molecular complexity index is 306. The molecule has 0 aromatic carbocycles. The van der Waals surface area contributed by atoms with E-state index in [4.69, 9.17) is 9.84 Å². The number of amides is 2. The highest BCUT2D eigenvalue weighted by Crippen LogP contribution is 2.13. The highest BCUT2D eigenvalue weighted by molar-refractivity contribution is 5.82. The fourth-order valence-corrected chi connectivity index (χ4v) is 2.05. The van der Waals surface area contributed by atoms with Gasteiger partial charge in [-0.25, -0.2) is 9.59 Å². The number of carbonyl (C=O) groups is 2. The highest BCUT2D eigenvalue weighted by Gasteiger charge is 2.28. The van der Waals surface area contributed by atoms with Crippen LogP contribution in [0.5, 0.6) is 0 Å². The lowest BCUT2D eigenvalue weighted by atomic mass is 10.0. The maximum Gasteiger partial charge on any atom is 0.326 e. The van der Waals surface area contributed by atoms with E-state index in [-0.39, 0.29) is 18.1 Å². The molecule has 1 heterocycles. The summed E-state index contributed by atoms with van der Waals surface area (Å²) in [4.78, 5) is 24.6. The summed E-state index contributed by atoms with van der Waals surface area (Å²) in [5.41, 5.74) is 0. The first-order valence-corrected chi connectivity index (χ1v) is 6.26. The van der Waals surface area contributed by atoms with Crippen LogP contribution in [0, 0.1) is 5.92 Å². The van der Waals surface area contributed by atoms with Crippen molar-refractivity contribution in [3.05, 3.63) is 0 Å². The van der Waals surface area contributed by atoms with E-state index >= 15 is 0 Å². The molecule has 0 aliphatic carbocycles. The van der Waals surface area contributed by atoms with Gasteiger partial charge in [0.2, 0.25) is 0 Å². The summed E-state index contributed by atoms with van der Waals surface area (Å²) in [6, 6.07) is -1.17. The van der Waals surface area contributed by atoms with Crippen LogP contribution < -0.4 is 5.32 Å². The van der Waals surface area contributed by atoms with Crippen molar-refractivity contribution in [1.82, 2.24) is 10.2 Å². The van der Waals surface area contributed by atoms with Crippen molar-refractivity contribution in [2.24, 2.45) is 5.92 Å². The van der Waals surface area contributed by atoms with Crippen LogP contribution in [0.4, 0.5) is 4.79 Å². The zero-order chi connectivity index (χ0) is 13.7. The number of methoxy groups -OCH3 is 1. The maximum absolute atomic E-state index is 12.0. The smallest absolute Gasteiger partial charge is 0.326 e. The Morgan fingerprint density at radius 2 is 2.11 bits per heavy atom. The summed E-state index contributed by atoms with van der Waals surface area (Å²) < 4.78 is 5.23. The lowest BCUT2D eigenvalue weighted by Gasteiger charge is -2.33. The molecule has 0 radical (unpaired) electrons. The van der Waals surface area contributed by atoms with Crippen LogP contribution in [0.1, 0.15) is 26.7 Å². The van der Waals surface area contributed by atoms with Crippen LogP contribution >= 0.6 is 0 Å². The van der Waals surface area contributed by atoms with Crippen molar-refractivity contribution in [1.29, 1.82) is 0 Å². The predicted molar refractivity (Wildman–Crippen MR) is 66.4 cm³/mol. The quantitative estimate of drug-likeness (QED) is 0.785. The first-order chi connectivity index (χ1) is 8.45. The summed E-state index contributed by atoms with van der Waals surface area (Å²) in [6.45, 7) is 4.71. The molecule has 0 aromatic rings. The molecule has 0 bridgehead atoms. The highest BCUT2D eigenvalue weighted by atomic mass is 16.5. The minimum absolute atomic E-state index is 0.0480. The van der Waals surface area contributed by atoms with Gasteiger partial charge >= 0.3 is 12.0 Å². The number of carboxylic acid groups (broad SMARTS) is 1. The molecule has 6 nitrogen and oxygen atoms in total. The number of likely N-dealkylation sites (tertiary alicyclic amines) is 1. The molecule has 104 valence electrons. The standard InChI is InChI=1S/C12H22N2O4/c1-8(2)10(11(15)16)13-12(17)14-6-4-5-9(7-14)18-3/h8-10H,4-7H2,1-3H3,(H,13,17)(H,15,16)/t9?,10-/m0/s1. The third-order valence-electron chi connectivity index (χ3n) is 3.21. The Kier molecular flexibility index (Phi) is 5.40. The molecule has 0 aromatic heterocycles. The van der Waals surface area contributed by atoms with Gasteiger partial charge in [0.1, 0.15) is 6.04 Å². The van der Waals surface area contributed by atoms with Crippen LogP contribution in [0.25, 0.3) is 0 Å². The monoisotopic (exact) mass is 258 g/mol. The Morgan fingerprint density at radius 1 is 1.44 bits per heavy atom. The van der Waals surface area contributed by atoms with E-state index in [0.717, 1.165) is 12.8 Å². The Hall–Kier alpha value is -1.30. The molecular formula is C12H22N2O4. The summed E-state index contributed by atoms with van der Waals surface area (Å²) >= 11 is 0. The first-order valence-electron chi connectivity index (χ1n) is 6.26. The molecular weight excluding hydrogens is 236 g/mol. The fourth-order valence-electron chi connectivity index (χ4n) is 2.05. The third kappa shape index (κ3) is 3.87. The average molecular weight is 258 g/mol. The second-order valence-electron chi connectivity index (χ2n) is 4.96. The molecule has 18 heavy (non-hydrogen) atoms. The average Bonchev–Trinajstić information content (AvgIpc) is 2.34. The lowest BCUT2D eigenvalue weighted by molar-refractivity contribution is -0.140. The Balaban J connectivity index is 2.55. The van der Waals surface area contributed by atoms with E-state index in [0.29, 0.717) is 13.1 Å². The van der Waals surface area contributed by atoms with Gasteiger partial charge in [0.05, 0.1) is 6.10 Å². The molecule has 1 unspecified atom stereocenters. The molecule has 1 rings (SSSR count). The van der Waals surface area contributed by atoms with Crippen LogP contribution in [-0.4, -0.2) is 54.4 Å². The number of hydrogen-bond donors (Lipinski definition) is 2. The second kappa shape index (κ2) is 6.58. The van der Waals surface area contributed by atoms with Crippen molar-refractivity contribution in [2.45, 2.75) is 38.8 Å². The van der Waals surface area contributed by atoms with Gasteiger partial charge in [-0.2, -0.15) is 0 Å². The van der Waals surface area contributed by atoms with Crippen LogP contribution in [0.15, 0.2) is 0 Å². The first kappa shape index (κ1) is 14.8. The van der Waals surface area contributed by atoms with Crippen LogP contribution in [0.2, 0.25) is 0 Å². The van der Waals surface area contributed by atoms with Gasteiger partial charge in [-0.3, -0.25) is 0 Å². The second-order valence-corrected chi connectivity index (χ2v) is 4.96. The van der Waals surface area contributed by atoms with Crippen LogP contribution in [-0.2, 0) is 9.53 Å². The van der Waals surface area contributed by atoms with E-state index in [1.165, 1.54) is 0 Å². The molecule has 2 N–H and O–H groups in total. The predicted octanol–water partition coefficient (Wildman–Crippen LogP) is 0.916. The molecule has 2 amide bonds. The number of hydrogen-bond acceptors (Lipinski definition) is 3. The van der Waals surface area contributed by atoms with E-state index in [2.05, 4.69) is 5.32 Å². The number of ether oxygens (including phenoxy) is 1. The van der Waals surface area contributed by atoms with E-state index in [9.17, 15) is 9.59 Å². The number of carboxylic acids is 1. The molecule has 1 aliphatic heterocycles. The third-order valence-corrected chi connectivity index (χ3v) is 3.21. The number of piperidine rings is 1. The molecule has 1 aliphatic rings. The molecule has 0 saturated carbocycles. The zero-order valence-electron chi connectivity index (χ0n) is 11.2. The maximum atomic E-state index is 12.0. The van der Waals surface area contributed by atoms with Gasteiger partial charge in [-0.1, -0.05) is 13.8 Å². The number of carbonyl (C=O) groups excluding carboxylic acids is 1. The minimum atomic E-state index is -1.00. The van der Waals surface area contributed by atoms with Crippen molar-refractivity contribution < 1.29 is 19.4 Å². The van der Waals surface area contributed by atoms with Gasteiger partial charge < -0.3 is 20.1 Å². The molecule has 0 spiro atoms. The van der Waals surface area contributed by atoms with Crippen molar-refractivity contribution in [3.63, 3.8) is 0 Å². The molecule has 1 saturated heterocycles. The van der Waals surface area contributed by atoms with Crippen molar-refractivity contribution in [3.8, 4) is 0 Å². The topological polar surface area (TPSA) is 78.9 Å². The summed E-state index contributed by atoms with van der Waals surface area (Å²) in [5.74, 6) is -1.15. The van der Waals surface area contributed by atoms with Gasteiger partial charge in [0.15, 0.2) is 0 Å².